The van der Waals surface area contributed by atoms with Gasteiger partial charge in [-0.2, -0.15) is 0 Å². The molecule has 0 amide bonds. The summed E-state index contributed by atoms with van der Waals surface area (Å²) < 4.78 is 0. The second-order valence-corrected chi connectivity index (χ2v) is 2.58. The largest absolute Gasteiger partial charge is 0.384 e. The zero-order valence-electron chi connectivity index (χ0n) is 6.96. The van der Waals surface area contributed by atoms with Crippen molar-refractivity contribution < 1.29 is 0 Å². The average Bonchev–Trinajstić information content (AvgIpc) is 1.85. The molecule has 0 aromatic carbocycles. The molecule has 3 heteroatoms. The predicted molar refractivity (Wildman–Crippen MR) is 45.2 cm³/mol. The average molecular weight is 151 g/mol. The molecule has 2 N–H and O–H groups in total. The van der Waals surface area contributed by atoms with E-state index in [2.05, 4.69) is 16.9 Å². The van der Waals surface area contributed by atoms with Crippen LogP contribution in [0.5, 0.6) is 0 Å². The summed E-state index contributed by atoms with van der Waals surface area (Å²) in [6, 6.07) is 1.83. The molecule has 0 radical (unpaired) electrons. The molecule has 0 fully saturated rings. The number of nitrogens with zero attached hydrogens (tertiary/aromatic N) is 2. The number of hydrogen-bond acceptors (Lipinski definition) is 3. The Kier molecular flexibility index (Phi) is 2.41. The standard InChI is InChI=1S/C8H13N3/c1-3-4-7-5-8(9)11-6(2)10-7/h5H,3-4H2,1-2H3,(H2,9,10,11). The monoisotopic (exact) mass is 151 g/mol. The first-order valence-electron chi connectivity index (χ1n) is 3.82. The number of hydrogen-bond donors (Lipinski definition) is 1. The van der Waals surface area contributed by atoms with Crippen LogP contribution >= 0.6 is 0 Å². The molecule has 0 spiro atoms. The molecule has 11 heavy (non-hydrogen) atoms. The highest BCUT2D eigenvalue weighted by atomic mass is 14.9. The van der Waals surface area contributed by atoms with E-state index in [4.69, 9.17) is 5.73 Å². The lowest BCUT2D eigenvalue weighted by molar-refractivity contribution is 0.859. The van der Waals surface area contributed by atoms with Gasteiger partial charge in [0.15, 0.2) is 0 Å². The Hall–Kier alpha value is -1.12. The maximum Gasteiger partial charge on any atom is 0.127 e. The van der Waals surface area contributed by atoms with Crippen molar-refractivity contribution in [3.63, 3.8) is 0 Å². The highest BCUT2D eigenvalue weighted by Gasteiger charge is 1.96. The van der Waals surface area contributed by atoms with E-state index in [0.717, 1.165) is 24.4 Å². The fraction of sp³-hybridized carbons (Fsp3) is 0.500. The van der Waals surface area contributed by atoms with Crippen molar-refractivity contribution in [1.82, 2.24) is 9.97 Å². The number of anilines is 1. The van der Waals surface area contributed by atoms with Crippen molar-refractivity contribution >= 4 is 5.82 Å². The molecule has 1 aromatic rings. The van der Waals surface area contributed by atoms with Crippen LogP contribution < -0.4 is 5.73 Å². The number of aryl methyl sites for hydroxylation is 2. The Labute approximate surface area is 66.7 Å². The minimum Gasteiger partial charge on any atom is -0.384 e. The molecule has 1 heterocycles. The number of nitrogens with two attached hydrogens (primary N) is 1. The first-order chi connectivity index (χ1) is 5.22. The van der Waals surface area contributed by atoms with Gasteiger partial charge in [0.05, 0.1) is 0 Å². The Balaban J connectivity index is 2.89. The number of aromatic nitrogens is 2. The van der Waals surface area contributed by atoms with Crippen molar-refractivity contribution in [2.24, 2.45) is 0 Å². The summed E-state index contributed by atoms with van der Waals surface area (Å²) >= 11 is 0. The maximum atomic E-state index is 5.54. The summed E-state index contributed by atoms with van der Waals surface area (Å²) in [4.78, 5) is 8.22. The molecule has 0 saturated carbocycles. The third kappa shape index (κ3) is 2.18. The minimum atomic E-state index is 0.570. The summed E-state index contributed by atoms with van der Waals surface area (Å²) in [5.74, 6) is 1.33. The summed E-state index contributed by atoms with van der Waals surface area (Å²) in [5.41, 5.74) is 6.58. The van der Waals surface area contributed by atoms with E-state index in [9.17, 15) is 0 Å². The quantitative estimate of drug-likeness (QED) is 0.693. The Morgan fingerprint density at radius 1 is 1.45 bits per heavy atom. The summed E-state index contributed by atoms with van der Waals surface area (Å²) in [7, 11) is 0. The van der Waals surface area contributed by atoms with Gasteiger partial charge in [0.25, 0.3) is 0 Å². The highest BCUT2D eigenvalue weighted by Crippen LogP contribution is 2.04. The fourth-order valence-corrected chi connectivity index (χ4v) is 1.04. The number of rotatable bonds is 2. The van der Waals surface area contributed by atoms with E-state index in [1.807, 2.05) is 13.0 Å². The van der Waals surface area contributed by atoms with Crippen molar-refractivity contribution in [2.75, 3.05) is 5.73 Å². The molecule has 0 aliphatic heterocycles. The van der Waals surface area contributed by atoms with Gasteiger partial charge in [0.1, 0.15) is 11.6 Å². The predicted octanol–water partition coefficient (Wildman–Crippen LogP) is 1.32. The molecular formula is C8H13N3. The van der Waals surface area contributed by atoms with Crippen LogP contribution in [-0.2, 0) is 6.42 Å². The normalized spacial score (nSPS) is 10.0. The Morgan fingerprint density at radius 2 is 2.18 bits per heavy atom. The van der Waals surface area contributed by atoms with Gasteiger partial charge < -0.3 is 5.73 Å². The molecule has 1 rings (SSSR count). The van der Waals surface area contributed by atoms with Crippen molar-refractivity contribution in [1.29, 1.82) is 0 Å². The van der Waals surface area contributed by atoms with E-state index in [-0.39, 0.29) is 0 Å². The molecule has 1 aromatic heterocycles. The smallest absolute Gasteiger partial charge is 0.127 e. The third-order valence-electron chi connectivity index (χ3n) is 1.42. The second-order valence-electron chi connectivity index (χ2n) is 2.58. The summed E-state index contributed by atoms with van der Waals surface area (Å²) in [6.07, 6.45) is 2.07. The SMILES string of the molecule is CCCc1cc(N)nc(C)n1. The Bertz CT molecular complexity index is 225. The molecule has 0 saturated heterocycles. The van der Waals surface area contributed by atoms with Gasteiger partial charge >= 0.3 is 0 Å². The van der Waals surface area contributed by atoms with Crippen LogP contribution in [0, 0.1) is 6.92 Å². The van der Waals surface area contributed by atoms with Crippen LogP contribution in [-0.4, -0.2) is 9.97 Å². The zero-order chi connectivity index (χ0) is 8.27. The zero-order valence-corrected chi connectivity index (χ0v) is 6.96. The van der Waals surface area contributed by atoms with Crippen molar-refractivity contribution in [3.05, 3.63) is 17.6 Å². The molecular weight excluding hydrogens is 138 g/mol. The van der Waals surface area contributed by atoms with Crippen LogP contribution in [0.4, 0.5) is 5.82 Å². The van der Waals surface area contributed by atoms with E-state index < -0.39 is 0 Å². The minimum absolute atomic E-state index is 0.570. The van der Waals surface area contributed by atoms with Gasteiger partial charge in [-0.15, -0.1) is 0 Å². The third-order valence-corrected chi connectivity index (χ3v) is 1.42. The number of nitrogen functional groups attached to an aromatic ring is 1. The molecule has 0 unspecified atom stereocenters. The van der Waals surface area contributed by atoms with E-state index >= 15 is 0 Å². The van der Waals surface area contributed by atoms with Gasteiger partial charge in [-0.3, -0.25) is 0 Å². The van der Waals surface area contributed by atoms with E-state index in [1.54, 1.807) is 0 Å². The van der Waals surface area contributed by atoms with Gasteiger partial charge in [0, 0.05) is 11.8 Å². The molecule has 0 aliphatic rings. The lowest BCUT2D eigenvalue weighted by atomic mass is 10.2. The highest BCUT2D eigenvalue weighted by molar-refractivity contribution is 5.29. The molecule has 0 bridgehead atoms. The van der Waals surface area contributed by atoms with Crippen LogP contribution in [0.15, 0.2) is 6.07 Å². The van der Waals surface area contributed by atoms with E-state index in [1.165, 1.54) is 0 Å². The topological polar surface area (TPSA) is 51.8 Å². The van der Waals surface area contributed by atoms with Gasteiger partial charge in [-0.1, -0.05) is 13.3 Å². The van der Waals surface area contributed by atoms with Crippen LogP contribution in [0.25, 0.3) is 0 Å². The second kappa shape index (κ2) is 3.32. The van der Waals surface area contributed by atoms with Crippen molar-refractivity contribution in [2.45, 2.75) is 26.7 Å². The van der Waals surface area contributed by atoms with Crippen molar-refractivity contribution in [3.8, 4) is 0 Å². The fourth-order valence-electron chi connectivity index (χ4n) is 1.04. The lowest BCUT2D eigenvalue weighted by Gasteiger charge is -2.00. The molecule has 0 aliphatic carbocycles. The first kappa shape index (κ1) is 7.98. The first-order valence-corrected chi connectivity index (χ1v) is 3.82. The summed E-state index contributed by atoms with van der Waals surface area (Å²) in [5, 5.41) is 0. The van der Waals surface area contributed by atoms with Gasteiger partial charge in [-0.05, 0) is 13.3 Å². The van der Waals surface area contributed by atoms with Gasteiger partial charge in [-0.25, -0.2) is 9.97 Å². The summed E-state index contributed by atoms with van der Waals surface area (Å²) in [6.45, 7) is 3.98. The van der Waals surface area contributed by atoms with Crippen LogP contribution in [0.3, 0.4) is 0 Å². The van der Waals surface area contributed by atoms with Gasteiger partial charge in [0.2, 0.25) is 0 Å². The molecule has 60 valence electrons. The molecule has 3 nitrogen and oxygen atoms in total. The van der Waals surface area contributed by atoms with Crippen LogP contribution in [0.2, 0.25) is 0 Å². The van der Waals surface area contributed by atoms with Crippen LogP contribution in [0.1, 0.15) is 24.9 Å². The lowest BCUT2D eigenvalue weighted by Crippen LogP contribution is -1.99. The Morgan fingerprint density at radius 3 is 2.73 bits per heavy atom. The molecule has 0 atom stereocenters. The van der Waals surface area contributed by atoms with E-state index in [0.29, 0.717) is 5.82 Å². The maximum absolute atomic E-state index is 5.54.